The summed E-state index contributed by atoms with van der Waals surface area (Å²) in [7, 11) is 3.61. The van der Waals surface area contributed by atoms with Crippen LogP contribution in [0, 0.1) is 5.92 Å². The molecular weight excluding hydrogens is 403 g/mol. The number of aliphatic imine (C=N–C) groups is 1. The van der Waals surface area contributed by atoms with Gasteiger partial charge in [0.15, 0.2) is 5.96 Å². The molecule has 5 nitrogen and oxygen atoms in total. The van der Waals surface area contributed by atoms with Gasteiger partial charge in [0.1, 0.15) is 5.75 Å². The lowest BCUT2D eigenvalue weighted by atomic mass is 10.2. The minimum atomic E-state index is 0. The van der Waals surface area contributed by atoms with Crippen LogP contribution in [0.1, 0.15) is 12.8 Å². The van der Waals surface area contributed by atoms with Gasteiger partial charge in [-0.3, -0.25) is 4.99 Å². The van der Waals surface area contributed by atoms with Crippen LogP contribution in [-0.2, 0) is 0 Å². The third-order valence-electron chi connectivity index (χ3n) is 4.46. The number of para-hydroxylation sites is 2. The molecular formula is C17H27IN4O. The van der Waals surface area contributed by atoms with E-state index in [9.17, 15) is 0 Å². The zero-order valence-electron chi connectivity index (χ0n) is 14.0. The molecule has 1 aliphatic heterocycles. The fraction of sp³-hybridized carbons (Fsp3) is 0.588. The highest BCUT2D eigenvalue weighted by atomic mass is 127. The van der Waals surface area contributed by atoms with Gasteiger partial charge in [-0.25, -0.2) is 0 Å². The van der Waals surface area contributed by atoms with Gasteiger partial charge in [-0.15, -0.1) is 24.0 Å². The van der Waals surface area contributed by atoms with Crippen LogP contribution in [0.5, 0.6) is 5.75 Å². The lowest BCUT2D eigenvalue weighted by molar-refractivity contribution is 0.366. The number of nitrogens with zero attached hydrogens (tertiary/aromatic N) is 3. The second-order valence-electron chi connectivity index (χ2n) is 6.02. The highest BCUT2D eigenvalue weighted by molar-refractivity contribution is 14.0. The van der Waals surface area contributed by atoms with E-state index < -0.39 is 0 Å². The smallest absolute Gasteiger partial charge is 0.193 e. The number of nitrogens with one attached hydrogen (secondary N) is 1. The monoisotopic (exact) mass is 430 g/mol. The SMILES string of the molecule is CN=C(NCC1CC1)N1CCN(c2ccccc2OC)CC1.I. The first-order valence-corrected chi connectivity index (χ1v) is 8.15. The van der Waals surface area contributed by atoms with Crippen molar-refractivity contribution in [1.29, 1.82) is 0 Å². The molecule has 1 aromatic rings. The van der Waals surface area contributed by atoms with E-state index in [-0.39, 0.29) is 24.0 Å². The number of halogens is 1. The van der Waals surface area contributed by atoms with Gasteiger partial charge >= 0.3 is 0 Å². The van der Waals surface area contributed by atoms with Gasteiger partial charge in [0.25, 0.3) is 0 Å². The van der Waals surface area contributed by atoms with Gasteiger partial charge in [0, 0.05) is 39.8 Å². The lowest BCUT2D eigenvalue weighted by Gasteiger charge is -2.38. The van der Waals surface area contributed by atoms with Crippen LogP contribution in [-0.4, -0.2) is 57.7 Å². The predicted octanol–water partition coefficient (Wildman–Crippen LogP) is 2.42. The maximum absolute atomic E-state index is 5.47. The van der Waals surface area contributed by atoms with Crippen molar-refractivity contribution in [2.75, 3.05) is 51.8 Å². The number of hydrogen-bond acceptors (Lipinski definition) is 3. The topological polar surface area (TPSA) is 40.1 Å². The Bertz CT molecular complexity index is 525. The van der Waals surface area contributed by atoms with Crippen LogP contribution in [0.3, 0.4) is 0 Å². The van der Waals surface area contributed by atoms with Crippen molar-refractivity contribution in [2.45, 2.75) is 12.8 Å². The molecule has 0 spiro atoms. The molecule has 2 fully saturated rings. The van der Waals surface area contributed by atoms with Crippen LogP contribution < -0.4 is 15.0 Å². The molecule has 0 atom stereocenters. The zero-order valence-corrected chi connectivity index (χ0v) is 16.3. The molecule has 23 heavy (non-hydrogen) atoms. The Morgan fingerprint density at radius 3 is 2.52 bits per heavy atom. The molecule has 6 heteroatoms. The van der Waals surface area contributed by atoms with Crippen LogP contribution in [0.15, 0.2) is 29.3 Å². The lowest BCUT2D eigenvalue weighted by Crippen LogP contribution is -2.52. The number of rotatable bonds is 4. The Labute approximate surface area is 156 Å². The van der Waals surface area contributed by atoms with Crippen LogP contribution in [0.25, 0.3) is 0 Å². The van der Waals surface area contributed by atoms with Crippen LogP contribution in [0.4, 0.5) is 5.69 Å². The van der Waals surface area contributed by atoms with E-state index in [0.717, 1.165) is 50.4 Å². The number of ether oxygens (including phenoxy) is 1. The van der Waals surface area contributed by atoms with E-state index in [1.54, 1.807) is 7.11 Å². The third-order valence-corrected chi connectivity index (χ3v) is 4.46. The first-order chi connectivity index (χ1) is 10.8. The number of benzene rings is 1. The minimum Gasteiger partial charge on any atom is -0.495 e. The Morgan fingerprint density at radius 2 is 1.91 bits per heavy atom. The quantitative estimate of drug-likeness (QED) is 0.453. The van der Waals surface area contributed by atoms with Crippen molar-refractivity contribution in [3.8, 4) is 5.75 Å². The van der Waals surface area contributed by atoms with Crippen molar-refractivity contribution in [1.82, 2.24) is 10.2 Å². The van der Waals surface area contributed by atoms with Crippen LogP contribution >= 0.6 is 24.0 Å². The summed E-state index contributed by atoms with van der Waals surface area (Å²) in [6.45, 7) is 5.03. The highest BCUT2D eigenvalue weighted by Gasteiger charge is 2.24. The molecule has 0 amide bonds. The largest absolute Gasteiger partial charge is 0.495 e. The second kappa shape index (κ2) is 8.61. The van der Waals surface area contributed by atoms with Crippen molar-refractivity contribution >= 4 is 35.6 Å². The maximum atomic E-state index is 5.47. The summed E-state index contributed by atoms with van der Waals surface area (Å²) in [6.07, 6.45) is 2.73. The Kier molecular flexibility index (Phi) is 6.80. The molecule has 1 aliphatic carbocycles. The normalized spacial score (nSPS) is 18.4. The summed E-state index contributed by atoms with van der Waals surface area (Å²) in [5, 5.41) is 3.51. The molecule has 1 heterocycles. The molecule has 0 bridgehead atoms. The first kappa shape index (κ1) is 18.2. The van der Waals surface area contributed by atoms with E-state index >= 15 is 0 Å². The van der Waals surface area contributed by atoms with E-state index in [1.807, 2.05) is 19.2 Å². The van der Waals surface area contributed by atoms with E-state index in [2.05, 4.69) is 32.2 Å². The van der Waals surface area contributed by atoms with Gasteiger partial charge < -0.3 is 19.9 Å². The summed E-state index contributed by atoms with van der Waals surface area (Å²) < 4.78 is 5.47. The average Bonchev–Trinajstić information content (AvgIpc) is 3.40. The molecule has 2 aliphatic rings. The van der Waals surface area contributed by atoms with E-state index in [1.165, 1.54) is 18.5 Å². The fourth-order valence-electron chi connectivity index (χ4n) is 2.94. The van der Waals surface area contributed by atoms with E-state index in [0.29, 0.717) is 0 Å². The summed E-state index contributed by atoms with van der Waals surface area (Å²) in [6, 6.07) is 8.25. The Balaban J connectivity index is 0.00000192. The molecule has 0 aromatic heterocycles. The fourth-order valence-corrected chi connectivity index (χ4v) is 2.94. The average molecular weight is 430 g/mol. The van der Waals surface area contributed by atoms with Crippen molar-refractivity contribution in [3.63, 3.8) is 0 Å². The molecule has 128 valence electrons. The number of anilines is 1. The standard InChI is InChI=1S/C17H26N4O.HI/c1-18-17(19-13-14-7-8-14)21-11-9-20(10-12-21)15-5-3-4-6-16(15)22-2;/h3-6,14H,7-13H2,1-2H3,(H,18,19);1H. The summed E-state index contributed by atoms with van der Waals surface area (Å²) >= 11 is 0. The molecule has 0 radical (unpaired) electrons. The van der Waals surface area contributed by atoms with Gasteiger partial charge in [0.05, 0.1) is 12.8 Å². The van der Waals surface area contributed by atoms with Crippen LogP contribution in [0.2, 0.25) is 0 Å². The van der Waals surface area contributed by atoms with Crippen molar-refractivity contribution < 1.29 is 4.74 Å². The Morgan fingerprint density at radius 1 is 1.22 bits per heavy atom. The number of piperazine rings is 1. The van der Waals surface area contributed by atoms with Crippen molar-refractivity contribution in [2.24, 2.45) is 10.9 Å². The number of hydrogen-bond donors (Lipinski definition) is 1. The van der Waals surface area contributed by atoms with Gasteiger partial charge in [-0.2, -0.15) is 0 Å². The molecule has 1 saturated carbocycles. The molecule has 1 aromatic carbocycles. The molecule has 1 N–H and O–H groups in total. The summed E-state index contributed by atoms with van der Waals surface area (Å²) in [4.78, 5) is 9.18. The van der Waals surface area contributed by atoms with E-state index in [4.69, 9.17) is 4.74 Å². The highest BCUT2D eigenvalue weighted by Crippen LogP contribution is 2.29. The third kappa shape index (κ3) is 4.65. The van der Waals surface area contributed by atoms with Gasteiger partial charge in [0.2, 0.25) is 0 Å². The number of guanidine groups is 1. The van der Waals surface area contributed by atoms with Gasteiger partial charge in [-0.1, -0.05) is 12.1 Å². The molecule has 3 rings (SSSR count). The second-order valence-corrected chi connectivity index (χ2v) is 6.02. The molecule has 0 unspecified atom stereocenters. The Hall–Kier alpha value is -1.18. The first-order valence-electron chi connectivity index (χ1n) is 8.15. The number of methoxy groups -OCH3 is 1. The summed E-state index contributed by atoms with van der Waals surface area (Å²) in [5.74, 6) is 2.87. The summed E-state index contributed by atoms with van der Waals surface area (Å²) in [5.41, 5.74) is 1.19. The minimum absolute atomic E-state index is 0. The maximum Gasteiger partial charge on any atom is 0.193 e. The predicted molar refractivity (Wildman–Crippen MR) is 106 cm³/mol. The van der Waals surface area contributed by atoms with Gasteiger partial charge in [-0.05, 0) is 30.9 Å². The van der Waals surface area contributed by atoms with Crippen molar-refractivity contribution in [3.05, 3.63) is 24.3 Å². The zero-order chi connectivity index (χ0) is 15.4. The molecule has 1 saturated heterocycles.